The summed E-state index contributed by atoms with van der Waals surface area (Å²) in [6.45, 7) is 11.0. The lowest BCUT2D eigenvalue weighted by atomic mass is 10.1. The normalized spacial score (nSPS) is 13.1. The molecule has 0 saturated carbocycles. The molecule has 1 unspecified atom stereocenters. The highest BCUT2D eigenvalue weighted by molar-refractivity contribution is 6.74. The number of ether oxygens (including phenoxy) is 1. The van der Waals surface area contributed by atoms with Gasteiger partial charge in [0, 0.05) is 5.02 Å². The van der Waals surface area contributed by atoms with Crippen molar-refractivity contribution < 1.29 is 13.6 Å². The Kier molecular flexibility index (Phi) is 6.69. The lowest BCUT2D eigenvalue weighted by Crippen LogP contribution is -2.42. The third-order valence-corrected chi connectivity index (χ3v) is 9.66. The first-order valence-electron chi connectivity index (χ1n) is 8.80. The van der Waals surface area contributed by atoms with E-state index in [1.807, 2.05) is 24.3 Å². The molecule has 0 radical (unpaired) electrons. The minimum absolute atomic E-state index is 0.0144. The maximum absolute atomic E-state index is 13.8. The van der Waals surface area contributed by atoms with Crippen molar-refractivity contribution in [2.75, 3.05) is 6.61 Å². The molecule has 0 heterocycles. The quantitative estimate of drug-likeness (QED) is 0.515. The average Bonchev–Trinajstić information content (AvgIpc) is 2.57. The second kappa shape index (κ2) is 8.43. The van der Waals surface area contributed by atoms with Gasteiger partial charge < -0.3 is 9.16 Å². The van der Waals surface area contributed by atoms with Crippen LogP contribution >= 0.6 is 11.6 Å². The van der Waals surface area contributed by atoms with Crippen molar-refractivity contribution in [2.24, 2.45) is 0 Å². The largest absolute Gasteiger partial charge is 0.489 e. The zero-order valence-electron chi connectivity index (χ0n) is 16.3. The summed E-state index contributed by atoms with van der Waals surface area (Å²) in [4.78, 5) is 0. The molecule has 0 aliphatic heterocycles. The van der Waals surface area contributed by atoms with Crippen LogP contribution in [0.4, 0.5) is 4.39 Å². The van der Waals surface area contributed by atoms with Crippen LogP contribution in [-0.4, -0.2) is 14.9 Å². The van der Waals surface area contributed by atoms with Crippen molar-refractivity contribution in [1.82, 2.24) is 0 Å². The molecule has 27 heavy (non-hydrogen) atoms. The maximum atomic E-state index is 13.8. The number of benzene rings is 2. The van der Waals surface area contributed by atoms with Crippen LogP contribution in [0.25, 0.3) is 0 Å². The average molecular weight is 406 g/mol. The summed E-state index contributed by atoms with van der Waals surface area (Å²) in [6.07, 6.45) is -0.376. The minimum atomic E-state index is -2.10. The van der Waals surface area contributed by atoms with Crippen LogP contribution in [0.15, 0.2) is 42.5 Å². The van der Waals surface area contributed by atoms with Crippen LogP contribution in [0.2, 0.25) is 23.2 Å². The van der Waals surface area contributed by atoms with Crippen LogP contribution < -0.4 is 4.74 Å². The Bertz CT molecular complexity index is 843. The molecule has 0 amide bonds. The van der Waals surface area contributed by atoms with Crippen molar-refractivity contribution in [3.8, 4) is 11.8 Å². The Morgan fingerprint density at radius 3 is 2.44 bits per heavy atom. The molecule has 2 rings (SSSR count). The summed E-state index contributed by atoms with van der Waals surface area (Å²) < 4.78 is 26.2. The van der Waals surface area contributed by atoms with Crippen molar-refractivity contribution in [2.45, 2.75) is 45.0 Å². The molecule has 0 fully saturated rings. The highest BCUT2D eigenvalue weighted by atomic mass is 35.5. The number of hydrogen-bond donors (Lipinski definition) is 0. The third kappa shape index (κ3) is 5.32. The van der Waals surface area contributed by atoms with E-state index in [0.717, 1.165) is 5.56 Å². The number of halogens is 2. The van der Waals surface area contributed by atoms with Gasteiger partial charge in [0.2, 0.25) is 0 Å². The second-order valence-electron chi connectivity index (χ2n) is 7.96. The zero-order chi connectivity index (χ0) is 20.2. The van der Waals surface area contributed by atoms with Gasteiger partial charge in [-0.05, 0) is 48.0 Å². The molecule has 144 valence electrons. The van der Waals surface area contributed by atoms with E-state index in [0.29, 0.717) is 5.02 Å². The fraction of sp³-hybridized carbons (Fsp3) is 0.381. The fourth-order valence-electron chi connectivity index (χ4n) is 2.34. The van der Waals surface area contributed by atoms with Gasteiger partial charge in [-0.2, -0.15) is 5.26 Å². The van der Waals surface area contributed by atoms with Gasteiger partial charge in [0.1, 0.15) is 35.9 Å². The molecule has 0 aliphatic rings. The van der Waals surface area contributed by atoms with E-state index in [1.165, 1.54) is 12.1 Å². The first kappa shape index (κ1) is 21.4. The van der Waals surface area contributed by atoms with Crippen molar-refractivity contribution in [1.29, 1.82) is 5.26 Å². The van der Waals surface area contributed by atoms with Crippen LogP contribution in [0.3, 0.4) is 0 Å². The second-order valence-corrected chi connectivity index (χ2v) is 13.2. The Morgan fingerprint density at radius 2 is 1.85 bits per heavy atom. The molecule has 0 saturated heterocycles. The van der Waals surface area contributed by atoms with E-state index in [-0.39, 0.29) is 29.1 Å². The maximum Gasteiger partial charge on any atom is 0.193 e. The Morgan fingerprint density at radius 1 is 1.19 bits per heavy atom. The first-order chi connectivity index (χ1) is 12.5. The summed E-state index contributed by atoms with van der Waals surface area (Å²) in [7, 11) is -2.10. The van der Waals surface area contributed by atoms with E-state index in [4.69, 9.17) is 20.8 Å². The summed E-state index contributed by atoms with van der Waals surface area (Å²) in [6, 6.07) is 13.7. The summed E-state index contributed by atoms with van der Waals surface area (Å²) >= 11 is 6.16. The van der Waals surface area contributed by atoms with E-state index < -0.39 is 14.1 Å². The highest BCUT2D eigenvalue weighted by Crippen LogP contribution is 2.40. The van der Waals surface area contributed by atoms with E-state index in [9.17, 15) is 9.65 Å². The van der Waals surface area contributed by atoms with E-state index in [1.54, 1.807) is 12.1 Å². The number of nitrogens with zero attached hydrogens (tertiary/aromatic N) is 1. The van der Waals surface area contributed by atoms with Gasteiger partial charge in [-0.15, -0.1) is 0 Å². The molecule has 2 aromatic rings. The van der Waals surface area contributed by atoms with Crippen molar-refractivity contribution >= 4 is 19.9 Å². The van der Waals surface area contributed by atoms with Gasteiger partial charge in [0.15, 0.2) is 8.32 Å². The molecular formula is C21H25ClFNO2Si. The van der Waals surface area contributed by atoms with Gasteiger partial charge in [0.25, 0.3) is 0 Å². The summed E-state index contributed by atoms with van der Waals surface area (Å²) in [5.41, 5.74) is 0.789. The summed E-state index contributed by atoms with van der Waals surface area (Å²) in [5, 5.41) is 9.82. The number of nitriles is 1. The summed E-state index contributed by atoms with van der Waals surface area (Å²) in [5.74, 6) is -0.386. The molecule has 0 bridgehead atoms. The van der Waals surface area contributed by atoms with Gasteiger partial charge in [-0.3, -0.25) is 0 Å². The molecule has 1 atom stereocenters. The minimum Gasteiger partial charge on any atom is -0.489 e. The van der Waals surface area contributed by atoms with Crippen molar-refractivity contribution in [3.05, 3.63) is 64.4 Å². The topological polar surface area (TPSA) is 42.2 Å². The molecule has 0 N–H and O–H groups in total. The molecule has 6 heteroatoms. The zero-order valence-corrected chi connectivity index (χ0v) is 18.1. The smallest absolute Gasteiger partial charge is 0.193 e. The first-order valence-corrected chi connectivity index (χ1v) is 12.1. The van der Waals surface area contributed by atoms with Crippen LogP contribution in [0.1, 0.15) is 38.0 Å². The Labute approximate surface area is 166 Å². The van der Waals surface area contributed by atoms with Crippen LogP contribution in [0.5, 0.6) is 5.75 Å². The molecule has 0 aromatic heterocycles. The van der Waals surface area contributed by atoms with E-state index >= 15 is 0 Å². The third-order valence-electron chi connectivity index (χ3n) is 4.94. The van der Waals surface area contributed by atoms with Gasteiger partial charge >= 0.3 is 0 Å². The molecule has 3 nitrogen and oxygen atoms in total. The van der Waals surface area contributed by atoms with Gasteiger partial charge in [0.05, 0.1) is 0 Å². The molecule has 0 aliphatic carbocycles. The van der Waals surface area contributed by atoms with Crippen LogP contribution in [-0.2, 0) is 4.43 Å². The molecular weight excluding hydrogens is 381 g/mol. The predicted octanol–water partition coefficient (Wildman–Crippen LogP) is 6.49. The number of hydrogen-bond acceptors (Lipinski definition) is 3. The number of rotatable bonds is 6. The van der Waals surface area contributed by atoms with E-state index in [2.05, 4.69) is 33.9 Å². The molecule has 0 spiro atoms. The lowest BCUT2D eigenvalue weighted by molar-refractivity contribution is 0.115. The SMILES string of the molecule is CC(C)(C)[Si](C)(C)OC(COc1cccc(F)c1C#N)c1cccc(Cl)c1. The predicted molar refractivity (Wildman–Crippen MR) is 109 cm³/mol. The Balaban J connectivity index is 2.31. The Hall–Kier alpha value is -1.87. The lowest BCUT2D eigenvalue weighted by Gasteiger charge is -2.39. The van der Waals surface area contributed by atoms with Gasteiger partial charge in [-0.1, -0.05) is 50.6 Å². The highest BCUT2D eigenvalue weighted by Gasteiger charge is 2.39. The van der Waals surface area contributed by atoms with Crippen LogP contribution in [0, 0.1) is 17.1 Å². The van der Waals surface area contributed by atoms with Crippen molar-refractivity contribution in [3.63, 3.8) is 0 Å². The standard InChI is InChI=1S/C21H25ClFNO2Si/c1-21(2,3)27(4,5)26-20(15-8-6-9-16(22)12-15)14-25-19-11-7-10-18(23)17(19)13-24/h6-12,20H,14H2,1-5H3. The fourth-order valence-corrected chi connectivity index (χ4v) is 3.80. The van der Waals surface area contributed by atoms with Gasteiger partial charge in [-0.25, -0.2) is 4.39 Å². The monoisotopic (exact) mass is 405 g/mol. The molecule has 2 aromatic carbocycles.